The molecule has 0 aliphatic carbocycles. The van der Waals surface area contributed by atoms with Gasteiger partial charge >= 0.3 is 6.18 Å². The normalized spacial score (nSPS) is 18.9. The molecule has 0 spiro atoms. The van der Waals surface area contributed by atoms with E-state index < -0.39 is 30.2 Å². The number of amides is 1. The molecule has 0 fully saturated rings. The van der Waals surface area contributed by atoms with Gasteiger partial charge in [-0.25, -0.2) is 4.68 Å². The Hall–Kier alpha value is -3.62. The molecule has 0 saturated heterocycles. The van der Waals surface area contributed by atoms with E-state index in [2.05, 4.69) is 15.7 Å². The van der Waals surface area contributed by atoms with Crippen LogP contribution in [0.15, 0.2) is 66.9 Å². The predicted octanol–water partition coefficient (Wildman–Crippen LogP) is 4.54. The Labute approximate surface area is 182 Å². The Morgan fingerprint density at radius 2 is 1.72 bits per heavy atom. The van der Waals surface area contributed by atoms with Crippen LogP contribution in [0.3, 0.4) is 0 Å². The fourth-order valence-corrected chi connectivity index (χ4v) is 3.83. The number of ketones is 1. The number of nitrogens with one attached hydrogen (secondary N) is 2. The van der Waals surface area contributed by atoms with Crippen molar-refractivity contribution >= 4 is 17.5 Å². The second-order valence-corrected chi connectivity index (χ2v) is 7.68. The predicted molar refractivity (Wildman–Crippen MR) is 112 cm³/mol. The molecular formula is C23H21F3N4O2. The van der Waals surface area contributed by atoms with Crippen molar-refractivity contribution in [1.82, 2.24) is 15.1 Å². The molecule has 1 aliphatic heterocycles. The first-order chi connectivity index (χ1) is 15.3. The molecule has 0 saturated carbocycles. The number of Topliss-reactive ketones (excluding diaryl/α,β-unsaturated/α-hetero) is 1. The van der Waals surface area contributed by atoms with Crippen LogP contribution in [0.25, 0.3) is 0 Å². The molecule has 2 aromatic carbocycles. The quantitative estimate of drug-likeness (QED) is 0.569. The summed E-state index contributed by atoms with van der Waals surface area (Å²) < 4.78 is 42.2. The molecule has 0 radical (unpaired) electrons. The monoisotopic (exact) mass is 442 g/mol. The Kier molecular flexibility index (Phi) is 5.73. The Balaban J connectivity index is 1.61. The molecule has 2 heterocycles. The summed E-state index contributed by atoms with van der Waals surface area (Å²) in [5, 5.41) is 9.46. The molecule has 0 bridgehead atoms. The van der Waals surface area contributed by atoms with Gasteiger partial charge in [-0.15, -0.1) is 0 Å². The molecule has 166 valence electrons. The highest BCUT2D eigenvalue weighted by molar-refractivity contribution is 6.05. The first-order valence-electron chi connectivity index (χ1n) is 10.1. The van der Waals surface area contributed by atoms with Crippen molar-refractivity contribution in [2.75, 3.05) is 5.32 Å². The average Bonchev–Trinajstić information content (AvgIpc) is 3.22. The number of carbonyl (C=O) groups excluding carboxylic acids is 2. The average molecular weight is 442 g/mol. The molecule has 3 aromatic rings. The van der Waals surface area contributed by atoms with Crippen molar-refractivity contribution in [2.45, 2.75) is 37.6 Å². The first kappa shape index (κ1) is 21.6. The zero-order valence-electron chi connectivity index (χ0n) is 17.1. The van der Waals surface area contributed by atoms with Gasteiger partial charge < -0.3 is 10.6 Å². The molecule has 4 rings (SSSR count). The van der Waals surface area contributed by atoms with Gasteiger partial charge in [0.2, 0.25) is 0 Å². The summed E-state index contributed by atoms with van der Waals surface area (Å²) in [5.41, 5.74) is 1.05. The summed E-state index contributed by atoms with van der Waals surface area (Å²) in [4.78, 5) is 25.4. The van der Waals surface area contributed by atoms with Gasteiger partial charge in [-0.2, -0.15) is 18.3 Å². The van der Waals surface area contributed by atoms with E-state index in [-0.39, 0.29) is 23.6 Å². The highest BCUT2D eigenvalue weighted by Gasteiger charge is 2.47. The number of fused-ring (bicyclic) bond motifs is 1. The topological polar surface area (TPSA) is 76.0 Å². The van der Waals surface area contributed by atoms with Crippen LogP contribution in [0.1, 0.15) is 51.7 Å². The third kappa shape index (κ3) is 4.23. The molecular weight excluding hydrogens is 421 g/mol. The third-order valence-corrected chi connectivity index (χ3v) is 5.48. The van der Waals surface area contributed by atoms with Crippen molar-refractivity contribution in [3.05, 3.63) is 83.6 Å². The van der Waals surface area contributed by atoms with Gasteiger partial charge in [-0.05, 0) is 12.5 Å². The number of carbonyl (C=O) groups is 2. The second kappa shape index (κ2) is 8.49. The number of rotatable bonds is 5. The number of halogens is 3. The number of nitrogens with zero attached hydrogens (tertiary/aromatic N) is 2. The van der Waals surface area contributed by atoms with E-state index in [4.69, 9.17) is 0 Å². The van der Waals surface area contributed by atoms with Crippen LogP contribution in [0, 0.1) is 0 Å². The van der Waals surface area contributed by atoms with Gasteiger partial charge in [0.05, 0.1) is 18.3 Å². The van der Waals surface area contributed by atoms with Crippen LogP contribution < -0.4 is 10.6 Å². The van der Waals surface area contributed by atoms with Gasteiger partial charge in [0.25, 0.3) is 5.91 Å². The highest BCUT2D eigenvalue weighted by Crippen LogP contribution is 2.44. The minimum atomic E-state index is -4.54. The number of aromatic nitrogens is 2. The summed E-state index contributed by atoms with van der Waals surface area (Å²) in [6, 6.07) is 13.8. The zero-order valence-corrected chi connectivity index (χ0v) is 17.1. The maximum atomic E-state index is 13.8. The lowest BCUT2D eigenvalue weighted by Gasteiger charge is -2.34. The number of hydrogen-bond donors (Lipinski definition) is 2. The number of hydrogen-bond acceptors (Lipinski definition) is 4. The van der Waals surface area contributed by atoms with Gasteiger partial charge in [0.1, 0.15) is 11.4 Å². The fraction of sp³-hybridized carbons (Fsp3) is 0.261. The van der Waals surface area contributed by atoms with Gasteiger partial charge in [0, 0.05) is 12.0 Å². The lowest BCUT2D eigenvalue weighted by Crippen LogP contribution is -2.40. The fourth-order valence-electron chi connectivity index (χ4n) is 3.83. The SMILES string of the molecule is CC(NC(=O)c1cnn2c1NC(c1ccccc1)C[C@@H]2C(F)(F)F)C(=O)c1ccccc1. The Bertz CT molecular complexity index is 1110. The van der Waals surface area contributed by atoms with E-state index in [1.807, 2.05) is 0 Å². The Morgan fingerprint density at radius 3 is 2.34 bits per heavy atom. The number of benzene rings is 2. The minimum absolute atomic E-state index is 0.0238. The van der Waals surface area contributed by atoms with Crippen LogP contribution >= 0.6 is 0 Å². The van der Waals surface area contributed by atoms with E-state index in [1.165, 1.54) is 6.92 Å². The zero-order chi connectivity index (χ0) is 22.9. The molecule has 1 aliphatic rings. The van der Waals surface area contributed by atoms with Crippen LogP contribution in [0.5, 0.6) is 0 Å². The molecule has 6 nitrogen and oxygen atoms in total. The van der Waals surface area contributed by atoms with Crippen molar-refractivity contribution in [3.63, 3.8) is 0 Å². The van der Waals surface area contributed by atoms with E-state index in [1.54, 1.807) is 60.7 Å². The van der Waals surface area contributed by atoms with Gasteiger partial charge in [0.15, 0.2) is 11.8 Å². The molecule has 32 heavy (non-hydrogen) atoms. The molecule has 3 atom stereocenters. The number of alkyl halides is 3. The lowest BCUT2D eigenvalue weighted by atomic mass is 9.96. The summed E-state index contributed by atoms with van der Waals surface area (Å²) in [6.45, 7) is 1.53. The Morgan fingerprint density at radius 1 is 1.09 bits per heavy atom. The first-order valence-corrected chi connectivity index (χ1v) is 10.1. The maximum Gasteiger partial charge on any atom is 0.410 e. The van der Waals surface area contributed by atoms with Crippen molar-refractivity contribution in [2.24, 2.45) is 0 Å². The summed E-state index contributed by atoms with van der Waals surface area (Å²) in [7, 11) is 0. The highest BCUT2D eigenvalue weighted by atomic mass is 19.4. The van der Waals surface area contributed by atoms with E-state index >= 15 is 0 Å². The lowest BCUT2D eigenvalue weighted by molar-refractivity contribution is -0.173. The van der Waals surface area contributed by atoms with Crippen molar-refractivity contribution in [1.29, 1.82) is 0 Å². The maximum absolute atomic E-state index is 13.8. The van der Waals surface area contributed by atoms with E-state index in [0.717, 1.165) is 10.9 Å². The smallest absolute Gasteiger partial charge is 0.363 e. The van der Waals surface area contributed by atoms with Crippen LogP contribution in [0.2, 0.25) is 0 Å². The van der Waals surface area contributed by atoms with Crippen LogP contribution in [0.4, 0.5) is 19.0 Å². The van der Waals surface area contributed by atoms with Crippen molar-refractivity contribution in [3.8, 4) is 0 Å². The summed E-state index contributed by atoms with van der Waals surface area (Å²) >= 11 is 0. The van der Waals surface area contributed by atoms with Crippen molar-refractivity contribution < 1.29 is 22.8 Å². The summed E-state index contributed by atoms with van der Waals surface area (Å²) in [6.07, 6.45) is -3.70. The van der Waals surface area contributed by atoms with Gasteiger partial charge in [-0.3, -0.25) is 9.59 Å². The third-order valence-electron chi connectivity index (χ3n) is 5.48. The van der Waals surface area contributed by atoms with Gasteiger partial charge in [-0.1, -0.05) is 60.7 Å². The largest absolute Gasteiger partial charge is 0.410 e. The van der Waals surface area contributed by atoms with Crippen LogP contribution in [-0.2, 0) is 0 Å². The molecule has 2 unspecified atom stereocenters. The van der Waals surface area contributed by atoms with E-state index in [9.17, 15) is 22.8 Å². The molecule has 9 heteroatoms. The van der Waals surface area contributed by atoms with E-state index in [0.29, 0.717) is 11.1 Å². The molecule has 1 amide bonds. The standard InChI is InChI=1S/C23H21F3N4O2/c1-14(20(31)16-10-6-3-7-11-16)28-22(32)17-13-27-30-19(23(24,25)26)12-18(29-21(17)30)15-8-4-2-5-9-15/h2-11,13-14,18-19,29H,12H2,1H3,(H,28,32)/t14?,18?,19-/m1/s1. The van der Waals surface area contributed by atoms with Crippen LogP contribution in [-0.4, -0.2) is 33.7 Å². The molecule has 1 aromatic heterocycles. The second-order valence-electron chi connectivity index (χ2n) is 7.68. The summed E-state index contributed by atoms with van der Waals surface area (Å²) in [5.74, 6) is -1.00. The molecule has 2 N–H and O–H groups in total. The number of anilines is 1. The minimum Gasteiger partial charge on any atom is -0.363 e.